The maximum Gasteiger partial charge on any atom is 0.311 e. The highest BCUT2D eigenvalue weighted by Gasteiger charge is 2.18. The molecule has 3 nitrogen and oxygen atoms in total. The van der Waals surface area contributed by atoms with E-state index in [1.165, 1.54) is 0 Å². The van der Waals surface area contributed by atoms with Gasteiger partial charge in [0.1, 0.15) is 6.67 Å². The summed E-state index contributed by atoms with van der Waals surface area (Å²) in [5.41, 5.74) is 0. The summed E-state index contributed by atoms with van der Waals surface area (Å²) in [4.78, 5) is 10.9. The Kier molecular flexibility index (Phi) is 5.98. The number of nitrogens with zero attached hydrogens (tertiary/aromatic N) is 1. The highest BCUT2D eigenvalue weighted by Crippen LogP contribution is 2.08. The molecule has 4 heteroatoms. The lowest BCUT2D eigenvalue weighted by Gasteiger charge is -2.08. The molecule has 0 aromatic rings. The van der Waals surface area contributed by atoms with Gasteiger partial charge in [-0.05, 0) is 13.3 Å². The number of halogens is 1. The average molecular weight is 173 g/mol. The van der Waals surface area contributed by atoms with Crippen LogP contribution in [0.1, 0.15) is 19.8 Å². The third-order valence-electron chi connectivity index (χ3n) is 1.41. The lowest BCUT2D eigenvalue weighted by atomic mass is 10.1. The van der Waals surface area contributed by atoms with Crippen LogP contribution in [0.3, 0.4) is 0 Å². The summed E-state index contributed by atoms with van der Waals surface area (Å²) >= 11 is 0. The first-order valence-electron chi connectivity index (χ1n) is 3.85. The van der Waals surface area contributed by atoms with Crippen LogP contribution >= 0.6 is 0 Å². The number of rotatable bonds is 5. The number of hydrogen-bond donors (Lipinski definition) is 0. The molecule has 0 aliphatic carbocycles. The number of carbonyl (C=O) groups is 1. The standard InChI is InChI=1S/C8H12FNO2/c1-2-12-8(11)7(6-9)4-3-5-10/h7H,2-4,6H2,1H3. The fraction of sp³-hybridized carbons (Fsp3) is 0.750. The van der Waals surface area contributed by atoms with Crippen LogP contribution in [0.2, 0.25) is 0 Å². The Labute approximate surface area is 71.1 Å². The van der Waals surface area contributed by atoms with E-state index in [0.717, 1.165) is 0 Å². The molecule has 0 rings (SSSR count). The van der Waals surface area contributed by atoms with E-state index in [1.807, 2.05) is 6.07 Å². The second kappa shape index (κ2) is 6.59. The molecule has 0 aromatic carbocycles. The number of alkyl halides is 1. The van der Waals surface area contributed by atoms with Gasteiger partial charge in [0, 0.05) is 6.42 Å². The predicted octanol–water partition coefficient (Wildman–Crippen LogP) is 1.44. The Morgan fingerprint density at radius 2 is 2.42 bits per heavy atom. The first kappa shape index (κ1) is 10.9. The number of hydrogen-bond acceptors (Lipinski definition) is 3. The Morgan fingerprint density at radius 1 is 1.75 bits per heavy atom. The van der Waals surface area contributed by atoms with Crippen molar-refractivity contribution in [2.45, 2.75) is 19.8 Å². The van der Waals surface area contributed by atoms with Crippen LogP contribution in [0, 0.1) is 17.2 Å². The van der Waals surface area contributed by atoms with Gasteiger partial charge in [0.15, 0.2) is 0 Å². The minimum absolute atomic E-state index is 0.188. The minimum atomic E-state index is -0.760. The molecule has 0 N–H and O–H groups in total. The SMILES string of the molecule is CCOC(=O)C(CF)CCC#N. The van der Waals surface area contributed by atoms with E-state index in [1.54, 1.807) is 6.92 Å². The molecule has 1 unspecified atom stereocenters. The second-order valence-corrected chi connectivity index (χ2v) is 2.30. The van der Waals surface area contributed by atoms with Crippen LogP contribution < -0.4 is 0 Å². The number of esters is 1. The quantitative estimate of drug-likeness (QED) is 0.591. The van der Waals surface area contributed by atoms with Gasteiger partial charge >= 0.3 is 5.97 Å². The minimum Gasteiger partial charge on any atom is -0.466 e. The number of carbonyl (C=O) groups excluding carboxylic acids is 1. The van der Waals surface area contributed by atoms with Gasteiger partial charge in [0.25, 0.3) is 0 Å². The Balaban J connectivity index is 3.80. The lowest BCUT2D eigenvalue weighted by molar-refractivity contribution is -0.148. The van der Waals surface area contributed by atoms with Crippen LogP contribution in [0.25, 0.3) is 0 Å². The van der Waals surface area contributed by atoms with Gasteiger partial charge in [-0.2, -0.15) is 5.26 Å². The van der Waals surface area contributed by atoms with E-state index in [4.69, 9.17) is 5.26 Å². The largest absolute Gasteiger partial charge is 0.466 e. The molecule has 0 heterocycles. The third kappa shape index (κ3) is 3.91. The van der Waals surface area contributed by atoms with Gasteiger partial charge in [-0.25, -0.2) is 0 Å². The zero-order valence-electron chi connectivity index (χ0n) is 7.05. The molecule has 12 heavy (non-hydrogen) atoms. The van der Waals surface area contributed by atoms with Crippen molar-refractivity contribution < 1.29 is 13.9 Å². The molecule has 0 bridgehead atoms. The van der Waals surface area contributed by atoms with Gasteiger partial charge in [-0.15, -0.1) is 0 Å². The summed E-state index contributed by atoms with van der Waals surface area (Å²) in [6.45, 7) is 1.17. The summed E-state index contributed by atoms with van der Waals surface area (Å²) in [5.74, 6) is -1.31. The van der Waals surface area contributed by atoms with Gasteiger partial charge in [-0.3, -0.25) is 9.18 Å². The maximum absolute atomic E-state index is 12.1. The van der Waals surface area contributed by atoms with Crippen molar-refractivity contribution >= 4 is 5.97 Å². The van der Waals surface area contributed by atoms with Gasteiger partial charge in [0.05, 0.1) is 18.6 Å². The topological polar surface area (TPSA) is 50.1 Å². The summed E-state index contributed by atoms with van der Waals surface area (Å²) in [6, 6.07) is 1.86. The van der Waals surface area contributed by atoms with Crippen molar-refractivity contribution in [3.8, 4) is 6.07 Å². The van der Waals surface area contributed by atoms with Crippen molar-refractivity contribution in [2.75, 3.05) is 13.3 Å². The van der Waals surface area contributed by atoms with E-state index >= 15 is 0 Å². The second-order valence-electron chi connectivity index (χ2n) is 2.30. The smallest absolute Gasteiger partial charge is 0.311 e. The highest BCUT2D eigenvalue weighted by molar-refractivity contribution is 5.72. The van der Waals surface area contributed by atoms with Crippen molar-refractivity contribution in [3.05, 3.63) is 0 Å². The maximum atomic E-state index is 12.1. The molecule has 0 aliphatic rings. The molecule has 0 saturated heterocycles. The van der Waals surface area contributed by atoms with E-state index in [9.17, 15) is 9.18 Å². The van der Waals surface area contributed by atoms with Crippen molar-refractivity contribution in [3.63, 3.8) is 0 Å². The fourth-order valence-electron chi connectivity index (χ4n) is 0.757. The van der Waals surface area contributed by atoms with E-state index in [-0.39, 0.29) is 19.4 Å². The Hall–Kier alpha value is -1.11. The van der Waals surface area contributed by atoms with E-state index < -0.39 is 18.6 Å². The van der Waals surface area contributed by atoms with Crippen molar-refractivity contribution in [1.82, 2.24) is 0 Å². The lowest BCUT2D eigenvalue weighted by Crippen LogP contribution is -2.19. The summed E-state index contributed by atoms with van der Waals surface area (Å²) in [6.07, 6.45) is 0.430. The molecule has 0 saturated carbocycles. The zero-order valence-corrected chi connectivity index (χ0v) is 7.05. The molecule has 0 spiro atoms. The van der Waals surface area contributed by atoms with E-state index in [2.05, 4.69) is 4.74 Å². The third-order valence-corrected chi connectivity index (χ3v) is 1.41. The summed E-state index contributed by atoms with van der Waals surface area (Å²) in [5, 5.41) is 8.20. The molecule has 0 radical (unpaired) electrons. The Bertz CT molecular complexity index is 176. The zero-order chi connectivity index (χ0) is 9.40. The van der Waals surface area contributed by atoms with Crippen molar-refractivity contribution in [1.29, 1.82) is 5.26 Å². The first-order chi connectivity index (χ1) is 5.76. The van der Waals surface area contributed by atoms with Crippen molar-refractivity contribution in [2.24, 2.45) is 5.92 Å². The van der Waals surface area contributed by atoms with Crippen LogP contribution in [-0.2, 0) is 9.53 Å². The molecule has 0 aromatic heterocycles. The fourth-order valence-corrected chi connectivity index (χ4v) is 0.757. The normalized spacial score (nSPS) is 11.8. The first-order valence-corrected chi connectivity index (χ1v) is 3.85. The summed E-state index contributed by atoms with van der Waals surface area (Å²) in [7, 11) is 0. The van der Waals surface area contributed by atoms with E-state index in [0.29, 0.717) is 0 Å². The van der Waals surface area contributed by atoms with Gasteiger partial charge < -0.3 is 4.74 Å². The molecule has 0 amide bonds. The van der Waals surface area contributed by atoms with Crippen LogP contribution in [0.5, 0.6) is 0 Å². The van der Waals surface area contributed by atoms with Crippen LogP contribution in [-0.4, -0.2) is 19.3 Å². The Morgan fingerprint density at radius 3 is 2.83 bits per heavy atom. The number of nitriles is 1. The van der Waals surface area contributed by atoms with Gasteiger partial charge in [0.2, 0.25) is 0 Å². The molecular weight excluding hydrogens is 161 g/mol. The monoisotopic (exact) mass is 173 g/mol. The molecule has 1 atom stereocenters. The molecule has 0 aliphatic heterocycles. The summed E-state index contributed by atoms with van der Waals surface area (Å²) < 4.78 is 16.7. The van der Waals surface area contributed by atoms with Crippen LogP contribution in [0.4, 0.5) is 4.39 Å². The molecule has 0 fully saturated rings. The molecular formula is C8H12FNO2. The van der Waals surface area contributed by atoms with Crippen LogP contribution in [0.15, 0.2) is 0 Å². The van der Waals surface area contributed by atoms with Gasteiger partial charge in [-0.1, -0.05) is 0 Å². The number of ether oxygens (including phenoxy) is 1. The molecule has 68 valence electrons. The average Bonchev–Trinajstić information content (AvgIpc) is 2.06. The highest BCUT2D eigenvalue weighted by atomic mass is 19.1. The predicted molar refractivity (Wildman–Crippen MR) is 40.9 cm³/mol.